The van der Waals surface area contributed by atoms with Crippen molar-refractivity contribution >= 4 is 38.9 Å². The second-order valence-electron chi connectivity index (χ2n) is 18.4. The van der Waals surface area contributed by atoms with Crippen molar-refractivity contribution in [1.29, 1.82) is 0 Å². The van der Waals surface area contributed by atoms with Crippen molar-refractivity contribution in [3.63, 3.8) is 0 Å². The maximum Gasteiger partial charge on any atom is 0.0726 e. The van der Waals surface area contributed by atoms with Gasteiger partial charge in [0, 0.05) is 33.5 Å². The fraction of sp³-hybridized carbons (Fsp3) is 0.0149. The molecule has 1 aromatic heterocycles. The molecule has 2 aliphatic rings. The van der Waals surface area contributed by atoms with E-state index in [0.29, 0.717) is 0 Å². The van der Waals surface area contributed by atoms with Crippen molar-refractivity contribution in [3.05, 3.63) is 289 Å². The van der Waals surface area contributed by atoms with Crippen molar-refractivity contribution < 1.29 is 0 Å². The SMILES string of the molecule is c1ccc(-c2ccc(N(c3ccccc3)c3cccc(-c4ccc(-c5ccc6c(c5)C5(c7ccccc7-6)c6ccccc6-c6c5ccc5c6c6ccccc6n5-c5ccccc5)cc4)c3)cc2)cc1. The van der Waals surface area contributed by atoms with Crippen LogP contribution in [0.4, 0.5) is 17.1 Å². The first kappa shape index (κ1) is 39.2. The van der Waals surface area contributed by atoms with E-state index in [4.69, 9.17) is 0 Å². The van der Waals surface area contributed by atoms with E-state index in [1.807, 2.05) is 0 Å². The Hall–Kier alpha value is -8.98. The van der Waals surface area contributed by atoms with Crippen molar-refractivity contribution in [2.45, 2.75) is 5.41 Å². The van der Waals surface area contributed by atoms with Gasteiger partial charge in [-0.3, -0.25) is 0 Å². The van der Waals surface area contributed by atoms with Crippen LogP contribution in [0.15, 0.2) is 267 Å². The molecular formula is C67H44N2. The highest BCUT2D eigenvalue weighted by Gasteiger charge is 2.52. The van der Waals surface area contributed by atoms with Crippen LogP contribution in [0.25, 0.3) is 83.1 Å². The Labute approximate surface area is 402 Å². The lowest BCUT2D eigenvalue weighted by atomic mass is 9.70. The third kappa shape index (κ3) is 5.92. The maximum atomic E-state index is 2.50. The van der Waals surface area contributed by atoms with E-state index in [0.717, 1.165) is 17.1 Å². The first-order valence-electron chi connectivity index (χ1n) is 23.9. The zero-order valence-electron chi connectivity index (χ0n) is 37.8. The van der Waals surface area contributed by atoms with Gasteiger partial charge >= 0.3 is 0 Å². The minimum absolute atomic E-state index is 0.481. The lowest BCUT2D eigenvalue weighted by Gasteiger charge is -2.30. The normalized spacial score (nSPS) is 14.1. The van der Waals surface area contributed by atoms with Crippen LogP contribution in [-0.4, -0.2) is 4.57 Å². The van der Waals surface area contributed by atoms with Crippen molar-refractivity contribution in [3.8, 4) is 61.3 Å². The molecule has 12 aromatic rings. The van der Waals surface area contributed by atoms with E-state index < -0.39 is 5.41 Å². The Morgan fingerprint density at radius 2 is 0.797 bits per heavy atom. The highest BCUT2D eigenvalue weighted by molar-refractivity contribution is 6.19. The number of hydrogen-bond acceptors (Lipinski definition) is 1. The molecule has 0 amide bonds. The van der Waals surface area contributed by atoms with Gasteiger partial charge in [-0.05, 0) is 145 Å². The standard InChI is InChI=1S/C67H44N2/c1-4-17-45(18-5-1)46-35-38-53(39-36-46)68(51-20-6-2-7-21-51)54-24-16-19-49(43-54)47-31-33-48(34-32-47)50-37-40-56-55-25-10-13-28-59(55)67(62(56)44-50)60-29-14-11-26-57(60)65-61(67)41-42-64-66(65)58-27-12-15-30-63(58)69(64)52-22-8-3-9-23-52/h1-44H. The minimum Gasteiger partial charge on any atom is -0.310 e. The quantitative estimate of drug-likeness (QED) is 0.155. The molecule has 14 rings (SSSR count). The molecule has 322 valence electrons. The molecule has 0 saturated heterocycles. The monoisotopic (exact) mass is 876 g/mol. The lowest BCUT2D eigenvalue weighted by Crippen LogP contribution is -2.25. The second-order valence-corrected chi connectivity index (χ2v) is 18.4. The van der Waals surface area contributed by atoms with Gasteiger partial charge in [-0.15, -0.1) is 0 Å². The molecule has 2 nitrogen and oxygen atoms in total. The van der Waals surface area contributed by atoms with E-state index in [1.165, 1.54) is 105 Å². The summed E-state index contributed by atoms with van der Waals surface area (Å²) in [7, 11) is 0. The molecule has 69 heavy (non-hydrogen) atoms. The number of rotatable bonds is 7. The molecule has 0 bridgehead atoms. The number of benzene rings is 11. The van der Waals surface area contributed by atoms with Gasteiger partial charge in [-0.2, -0.15) is 0 Å². The molecule has 0 N–H and O–H groups in total. The Morgan fingerprint density at radius 3 is 1.55 bits per heavy atom. The lowest BCUT2D eigenvalue weighted by molar-refractivity contribution is 0.794. The van der Waals surface area contributed by atoms with Crippen molar-refractivity contribution in [2.75, 3.05) is 4.90 Å². The Morgan fingerprint density at radius 1 is 0.290 bits per heavy atom. The van der Waals surface area contributed by atoms with Gasteiger partial charge in [-0.25, -0.2) is 0 Å². The molecule has 0 radical (unpaired) electrons. The van der Waals surface area contributed by atoms with Crippen LogP contribution in [0, 0.1) is 0 Å². The van der Waals surface area contributed by atoms with E-state index >= 15 is 0 Å². The Kier molecular flexibility index (Phi) is 8.84. The highest BCUT2D eigenvalue weighted by Crippen LogP contribution is 2.64. The average molecular weight is 877 g/mol. The molecule has 2 aliphatic carbocycles. The minimum atomic E-state index is -0.481. The zero-order valence-corrected chi connectivity index (χ0v) is 37.8. The summed E-state index contributed by atoms with van der Waals surface area (Å²) in [6, 6.07) is 98.3. The highest BCUT2D eigenvalue weighted by atomic mass is 15.1. The van der Waals surface area contributed by atoms with Crippen LogP contribution < -0.4 is 4.90 Å². The molecular weight excluding hydrogens is 833 g/mol. The van der Waals surface area contributed by atoms with Crippen LogP contribution in [-0.2, 0) is 5.41 Å². The van der Waals surface area contributed by atoms with Gasteiger partial charge < -0.3 is 9.47 Å². The van der Waals surface area contributed by atoms with Gasteiger partial charge in [0.05, 0.1) is 16.4 Å². The van der Waals surface area contributed by atoms with E-state index in [2.05, 4.69) is 276 Å². The third-order valence-corrected chi connectivity index (χ3v) is 14.8. The molecule has 1 atom stereocenters. The van der Waals surface area contributed by atoms with Crippen molar-refractivity contribution in [2.24, 2.45) is 0 Å². The summed E-state index contributed by atoms with van der Waals surface area (Å²) >= 11 is 0. The molecule has 2 heteroatoms. The Bertz CT molecular complexity index is 3930. The number of hydrogen-bond donors (Lipinski definition) is 0. The number of nitrogens with zero attached hydrogens (tertiary/aromatic N) is 2. The summed E-state index contributed by atoms with van der Waals surface area (Å²) in [4.78, 5) is 2.34. The predicted molar refractivity (Wildman–Crippen MR) is 288 cm³/mol. The molecule has 0 saturated carbocycles. The molecule has 0 aliphatic heterocycles. The molecule has 1 unspecified atom stereocenters. The first-order chi connectivity index (χ1) is 34.2. The maximum absolute atomic E-state index is 2.50. The fourth-order valence-electron chi connectivity index (χ4n) is 11.9. The number of para-hydroxylation sites is 3. The molecule has 11 aromatic carbocycles. The second kappa shape index (κ2) is 15.6. The summed E-state index contributed by atoms with van der Waals surface area (Å²) in [5, 5.41) is 2.59. The van der Waals surface area contributed by atoms with Crippen LogP contribution in [0.5, 0.6) is 0 Å². The Balaban J connectivity index is 0.877. The van der Waals surface area contributed by atoms with Crippen LogP contribution in [0.1, 0.15) is 22.3 Å². The molecule has 1 spiro atoms. The van der Waals surface area contributed by atoms with E-state index in [9.17, 15) is 0 Å². The first-order valence-corrected chi connectivity index (χ1v) is 23.9. The molecule has 1 heterocycles. The largest absolute Gasteiger partial charge is 0.310 e. The van der Waals surface area contributed by atoms with Gasteiger partial charge in [-0.1, -0.05) is 200 Å². The summed E-state index contributed by atoms with van der Waals surface area (Å²) in [5.41, 5.74) is 24.3. The van der Waals surface area contributed by atoms with Crippen LogP contribution in [0.3, 0.4) is 0 Å². The van der Waals surface area contributed by atoms with Gasteiger partial charge in [0.1, 0.15) is 0 Å². The van der Waals surface area contributed by atoms with E-state index in [1.54, 1.807) is 0 Å². The smallest absolute Gasteiger partial charge is 0.0726 e. The summed E-state index contributed by atoms with van der Waals surface area (Å²) in [6.45, 7) is 0. The predicted octanol–water partition coefficient (Wildman–Crippen LogP) is 17.6. The average Bonchev–Trinajstić information content (AvgIpc) is 4.04. The number of anilines is 3. The fourth-order valence-corrected chi connectivity index (χ4v) is 11.9. The topological polar surface area (TPSA) is 8.17 Å². The van der Waals surface area contributed by atoms with Gasteiger partial charge in [0.25, 0.3) is 0 Å². The van der Waals surface area contributed by atoms with Gasteiger partial charge in [0.2, 0.25) is 0 Å². The summed E-state index contributed by atoms with van der Waals surface area (Å²) in [6.07, 6.45) is 0. The van der Waals surface area contributed by atoms with Crippen LogP contribution in [0.2, 0.25) is 0 Å². The number of fused-ring (bicyclic) bond motifs is 14. The number of aromatic nitrogens is 1. The van der Waals surface area contributed by atoms with Crippen LogP contribution >= 0.6 is 0 Å². The summed E-state index contributed by atoms with van der Waals surface area (Å²) < 4.78 is 2.44. The van der Waals surface area contributed by atoms with Crippen molar-refractivity contribution in [1.82, 2.24) is 4.57 Å². The third-order valence-electron chi connectivity index (χ3n) is 14.8. The van der Waals surface area contributed by atoms with Gasteiger partial charge in [0.15, 0.2) is 0 Å². The summed E-state index contributed by atoms with van der Waals surface area (Å²) in [5.74, 6) is 0. The van der Waals surface area contributed by atoms with E-state index in [-0.39, 0.29) is 0 Å². The zero-order chi connectivity index (χ0) is 45.5. The molecule has 0 fully saturated rings.